The van der Waals surface area contributed by atoms with Gasteiger partial charge in [0.15, 0.2) is 0 Å². The summed E-state index contributed by atoms with van der Waals surface area (Å²) in [5.41, 5.74) is 7.90. The van der Waals surface area contributed by atoms with E-state index in [9.17, 15) is 4.79 Å². The number of nitrogens with one attached hydrogen (secondary N) is 1. The molecule has 1 aliphatic rings. The van der Waals surface area contributed by atoms with Gasteiger partial charge in [-0.25, -0.2) is 0 Å². The molecule has 116 valence electrons. The highest BCUT2D eigenvalue weighted by Crippen LogP contribution is 2.45. The second kappa shape index (κ2) is 5.80. The van der Waals surface area contributed by atoms with Gasteiger partial charge >= 0.3 is 0 Å². The molecule has 0 radical (unpaired) electrons. The number of benzene rings is 1. The number of amides is 1. The quantitative estimate of drug-likeness (QED) is 0.894. The van der Waals surface area contributed by atoms with Crippen LogP contribution in [0.4, 0.5) is 0 Å². The van der Waals surface area contributed by atoms with Gasteiger partial charge in [-0.2, -0.15) is 0 Å². The molecule has 21 heavy (non-hydrogen) atoms. The summed E-state index contributed by atoms with van der Waals surface area (Å²) in [6.45, 7) is 9.64. The van der Waals surface area contributed by atoms with Crippen molar-refractivity contribution in [1.29, 1.82) is 0 Å². The Morgan fingerprint density at radius 2 is 1.86 bits per heavy atom. The predicted molar refractivity (Wildman–Crippen MR) is 87.0 cm³/mol. The third-order valence-electron chi connectivity index (χ3n) is 4.32. The minimum atomic E-state index is 0.0174. The molecule has 1 amide bonds. The van der Waals surface area contributed by atoms with E-state index in [1.165, 1.54) is 6.42 Å². The molecular formula is C18H28N2O. The molecule has 1 aromatic carbocycles. The Labute approximate surface area is 128 Å². The third-order valence-corrected chi connectivity index (χ3v) is 4.32. The summed E-state index contributed by atoms with van der Waals surface area (Å²) in [7, 11) is 0. The summed E-state index contributed by atoms with van der Waals surface area (Å²) in [6, 6.07) is 7.83. The van der Waals surface area contributed by atoms with Gasteiger partial charge in [0.2, 0.25) is 0 Å². The maximum atomic E-state index is 12.5. The first-order valence-electron chi connectivity index (χ1n) is 7.81. The monoisotopic (exact) mass is 288 g/mol. The summed E-state index contributed by atoms with van der Waals surface area (Å²) in [5, 5.41) is 3.22. The highest BCUT2D eigenvalue weighted by atomic mass is 16.1. The molecule has 0 bridgehead atoms. The third kappa shape index (κ3) is 4.31. The first-order chi connectivity index (χ1) is 9.71. The van der Waals surface area contributed by atoms with Gasteiger partial charge < -0.3 is 11.1 Å². The fraction of sp³-hybridized carbons (Fsp3) is 0.611. The van der Waals surface area contributed by atoms with Crippen LogP contribution >= 0.6 is 0 Å². The second-order valence-corrected chi connectivity index (χ2v) is 7.99. The van der Waals surface area contributed by atoms with Crippen LogP contribution in [0.5, 0.6) is 0 Å². The molecule has 0 aliphatic heterocycles. The maximum Gasteiger partial charge on any atom is 0.251 e. The van der Waals surface area contributed by atoms with Gasteiger partial charge in [0.25, 0.3) is 5.91 Å². The fourth-order valence-electron chi connectivity index (χ4n) is 4.06. The molecule has 3 N–H and O–H groups in total. The van der Waals surface area contributed by atoms with Gasteiger partial charge in [0.1, 0.15) is 0 Å². The van der Waals surface area contributed by atoms with E-state index in [0.717, 1.165) is 18.4 Å². The lowest BCUT2D eigenvalue weighted by atomic mass is 9.63. The predicted octanol–water partition coefficient (Wildman–Crippen LogP) is 3.48. The second-order valence-electron chi connectivity index (χ2n) is 7.99. The normalized spacial score (nSPS) is 21.0. The van der Waals surface area contributed by atoms with Gasteiger partial charge in [-0.3, -0.25) is 4.79 Å². The Balaban J connectivity index is 2.08. The van der Waals surface area contributed by atoms with Crippen LogP contribution in [0.2, 0.25) is 0 Å². The van der Waals surface area contributed by atoms with Crippen LogP contribution in [0.1, 0.15) is 62.9 Å². The van der Waals surface area contributed by atoms with Crippen molar-refractivity contribution in [2.24, 2.45) is 16.6 Å². The van der Waals surface area contributed by atoms with Crippen LogP contribution < -0.4 is 11.1 Å². The van der Waals surface area contributed by atoms with Crippen molar-refractivity contribution in [3.05, 3.63) is 35.4 Å². The molecule has 0 aromatic heterocycles. The molecule has 0 atom stereocenters. The first-order valence-corrected chi connectivity index (χ1v) is 7.81. The van der Waals surface area contributed by atoms with E-state index in [2.05, 4.69) is 33.0 Å². The zero-order valence-corrected chi connectivity index (χ0v) is 13.7. The van der Waals surface area contributed by atoms with Crippen molar-refractivity contribution in [3.63, 3.8) is 0 Å². The van der Waals surface area contributed by atoms with Gasteiger partial charge in [0.05, 0.1) is 0 Å². The Hall–Kier alpha value is -1.35. The number of hydrogen-bond acceptors (Lipinski definition) is 2. The zero-order valence-electron chi connectivity index (χ0n) is 13.7. The summed E-state index contributed by atoms with van der Waals surface area (Å²) >= 11 is 0. The Morgan fingerprint density at radius 3 is 2.43 bits per heavy atom. The smallest absolute Gasteiger partial charge is 0.251 e. The lowest BCUT2D eigenvalue weighted by molar-refractivity contribution is 0.0713. The number of carbonyl (C=O) groups is 1. The van der Waals surface area contributed by atoms with E-state index in [1.54, 1.807) is 0 Å². The van der Waals surface area contributed by atoms with Crippen molar-refractivity contribution in [2.45, 2.75) is 59.5 Å². The molecule has 0 spiro atoms. The summed E-state index contributed by atoms with van der Waals surface area (Å²) in [6.07, 6.45) is 3.28. The summed E-state index contributed by atoms with van der Waals surface area (Å²) in [5.74, 6) is 0.0174. The van der Waals surface area contributed by atoms with E-state index in [0.29, 0.717) is 12.1 Å². The molecule has 1 aromatic rings. The molecule has 2 rings (SSSR count). The minimum absolute atomic E-state index is 0.0174. The molecule has 0 unspecified atom stereocenters. The van der Waals surface area contributed by atoms with Gasteiger partial charge in [-0.15, -0.1) is 0 Å². The standard InChI is InChI=1S/C18H28N2O/c1-17(2)9-15(10-18(3,4)12-17)20-16(21)14-7-5-6-13(8-14)11-19/h5-8,15H,9-12,19H2,1-4H3,(H,20,21). The van der Waals surface area contributed by atoms with Crippen LogP contribution in [-0.4, -0.2) is 11.9 Å². The molecule has 0 heterocycles. The van der Waals surface area contributed by atoms with Crippen molar-refractivity contribution in [1.82, 2.24) is 5.32 Å². The largest absolute Gasteiger partial charge is 0.349 e. The maximum absolute atomic E-state index is 12.5. The van der Waals surface area contributed by atoms with E-state index in [1.807, 2.05) is 24.3 Å². The Morgan fingerprint density at radius 1 is 1.24 bits per heavy atom. The molecule has 3 nitrogen and oxygen atoms in total. The van der Waals surface area contributed by atoms with Gasteiger partial charge in [-0.1, -0.05) is 39.8 Å². The van der Waals surface area contributed by atoms with Crippen molar-refractivity contribution >= 4 is 5.91 Å². The van der Waals surface area contributed by atoms with Crippen molar-refractivity contribution in [3.8, 4) is 0 Å². The lowest BCUT2D eigenvalue weighted by Gasteiger charge is -2.45. The Kier molecular flexibility index (Phi) is 4.43. The number of nitrogens with two attached hydrogens (primary N) is 1. The molecule has 1 saturated carbocycles. The molecule has 1 aliphatic carbocycles. The topological polar surface area (TPSA) is 55.1 Å². The SMILES string of the molecule is CC1(C)CC(NC(=O)c2cccc(CN)c2)CC(C)(C)C1. The van der Waals surface area contributed by atoms with Crippen LogP contribution in [0.15, 0.2) is 24.3 Å². The summed E-state index contributed by atoms with van der Waals surface area (Å²) < 4.78 is 0. The lowest BCUT2D eigenvalue weighted by Crippen LogP contribution is -2.46. The molecule has 0 saturated heterocycles. The average Bonchev–Trinajstić information content (AvgIpc) is 2.35. The fourth-order valence-corrected chi connectivity index (χ4v) is 4.06. The molecule has 3 heteroatoms. The Bertz CT molecular complexity index is 504. The van der Waals surface area contributed by atoms with Crippen molar-refractivity contribution in [2.75, 3.05) is 0 Å². The number of hydrogen-bond donors (Lipinski definition) is 2. The van der Waals surface area contributed by atoms with Gasteiger partial charge in [-0.05, 0) is 47.8 Å². The van der Waals surface area contributed by atoms with Crippen LogP contribution in [0.3, 0.4) is 0 Å². The van der Waals surface area contributed by atoms with Crippen LogP contribution in [-0.2, 0) is 6.54 Å². The number of rotatable bonds is 3. The van der Waals surface area contributed by atoms with Crippen LogP contribution in [0, 0.1) is 10.8 Å². The molecular weight excluding hydrogens is 260 g/mol. The molecule has 1 fully saturated rings. The van der Waals surface area contributed by atoms with Gasteiger partial charge in [0, 0.05) is 18.2 Å². The highest BCUT2D eigenvalue weighted by molar-refractivity contribution is 5.94. The highest BCUT2D eigenvalue weighted by Gasteiger charge is 2.38. The first kappa shape index (κ1) is 16.0. The van der Waals surface area contributed by atoms with E-state index < -0.39 is 0 Å². The minimum Gasteiger partial charge on any atom is -0.349 e. The summed E-state index contributed by atoms with van der Waals surface area (Å²) in [4.78, 5) is 12.5. The van der Waals surface area contributed by atoms with E-state index in [4.69, 9.17) is 5.73 Å². The number of carbonyl (C=O) groups excluding carboxylic acids is 1. The average molecular weight is 288 g/mol. The zero-order chi connectivity index (χ0) is 15.7. The van der Waals surface area contributed by atoms with E-state index in [-0.39, 0.29) is 22.8 Å². The van der Waals surface area contributed by atoms with E-state index >= 15 is 0 Å². The van der Waals surface area contributed by atoms with Crippen molar-refractivity contribution < 1.29 is 4.79 Å². The van der Waals surface area contributed by atoms with Crippen LogP contribution in [0.25, 0.3) is 0 Å².